The maximum atomic E-state index is 10.8. The van der Waals surface area contributed by atoms with Gasteiger partial charge in [0.25, 0.3) is 5.69 Å². The van der Waals surface area contributed by atoms with Gasteiger partial charge in [0, 0.05) is 29.6 Å². The quantitative estimate of drug-likeness (QED) is 0.416. The third kappa shape index (κ3) is 3.48. The second kappa shape index (κ2) is 7.01. The highest BCUT2D eigenvalue weighted by Crippen LogP contribution is 2.29. The van der Waals surface area contributed by atoms with Crippen LogP contribution in [0.5, 0.6) is 0 Å². The van der Waals surface area contributed by atoms with Crippen molar-refractivity contribution in [3.8, 4) is 17.2 Å². The van der Waals surface area contributed by atoms with Gasteiger partial charge in [0.1, 0.15) is 11.6 Å². The maximum Gasteiger partial charge on any atom is 0.269 e. The molecule has 0 unspecified atom stereocenters. The summed E-state index contributed by atoms with van der Waals surface area (Å²) in [4.78, 5) is 10.3. The summed E-state index contributed by atoms with van der Waals surface area (Å²) in [7, 11) is 0. The van der Waals surface area contributed by atoms with Crippen LogP contribution >= 0.6 is 0 Å². The Hall–Kier alpha value is -4.06. The van der Waals surface area contributed by atoms with E-state index in [1.807, 2.05) is 30.3 Å². The molecule has 0 aliphatic rings. The number of allylic oxidation sites excluding steroid dienone is 1. The van der Waals surface area contributed by atoms with Crippen molar-refractivity contribution < 1.29 is 4.92 Å². The molecule has 0 amide bonds. The van der Waals surface area contributed by atoms with Crippen molar-refractivity contribution in [1.82, 2.24) is 20.6 Å². The van der Waals surface area contributed by atoms with Gasteiger partial charge < -0.3 is 5.32 Å². The van der Waals surface area contributed by atoms with Gasteiger partial charge in [-0.3, -0.25) is 10.1 Å². The number of benzene rings is 2. The molecule has 9 nitrogen and oxygen atoms in total. The van der Waals surface area contributed by atoms with E-state index in [-0.39, 0.29) is 17.1 Å². The molecule has 0 saturated carbocycles. The lowest BCUT2D eigenvalue weighted by molar-refractivity contribution is -0.384. The lowest BCUT2D eigenvalue weighted by Gasteiger charge is -2.09. The van der Waals surface area contributed by atoms with Crippen LogP contribution in [0.1, 0.15) is 5.82 Å². The molecule has 0 fully saturated rings. The number of rotatable bonds is 5. The third-order valence-corrected chi connectivity index (χ3v) is 3.39. The van der Waals surface area contributed by atoms with Crippen LogP contribution in [0.15, 0.2) is 54.7 Å². The average Bonchev–Trinajstić information content (AvgIpc) is 3.17. The van der Waals surface area contributed by atoms with Gasteiger partial charge in [-0.2, -0.15) is 10.5 Å². The van der Waals surface area contributed by atoms with E-state index >= 15 is 0 Å². The first-order valence-corrected chi connectivity index (χ1v) is 7.13. The van der Waals surface area contributed by atoms with Crippen molar-refractivity contribution in [2.24, 2.45) is 0 Å². The molecule has 3 rings (SSSR count). The molecule has 3 aromatic rings. The molecule has 122 valence electrons. The van der Waals surface area contributed by atoms with Gasteiger partial charge in [0.15, 0.2) is 0 Å². The number of anilines is 1. The summed E-state index contributed by atoms with van der Waals surface area (Å²) in [6, 6.07) is 15.6. The zero-order chi connectivity index (χ0) is 17.6. The predicted molar refractivity (Wildman–Crippen MR) is 89.9 cm³/mol. The van der Waals surface area contributed by atoms with Crippen molar-refractivity contribution in [2.45, 2.75) is 0 Å². The van der Waals surface area contributed by atoms with E-state index in [0.717, 1.165) is 16.8 Å². The van der Waals surface area contributed by atoms with Crippen LogP contribution in [0.25, 0.3) is 16.7 Å². The van der Waals surface area contributed by atoms with Gasteiger partial charge in [-0.1, -0.05) is 18.2 Å². The van der Waals surface area contributed by atoms with Crippen LogP contribution < -0.4 is 5.32 Å². The van der Waals surface area contributed by atoms with E-state index in [1.54, 1.807) is 12.1 Å². The van der Waals surface area contributed by atoms with Gasteiger partial charge in [0.05, 0.1) is 4.92 Å². The number of para-hydroxylation sites is 1. The van der Waals surface area contributed by atoms with Gasteiger partial charge in [-0.25, -0.2) is 0 Å². The SMILES string of the molecule is N#CC(=CNc1ccccc1-c1ccc([N+](=O)[O-])cc1)c1nn[nH]n1. The molecule has 9 heteroatoms. The standard InChI is InChI=1S/C16H11N7O2/c17-9-12(16-19-21-22-20-16)10-18-15-4-2-1-3-14(15)11-5-7-13(8-6-11)23(24)25/h1-8,10,18H,(H,19,20,21,22). The smallest absolute Gasteiger partial charge is 0.269 e. The predicted octanol–water partition coefficient (Wildman–Crippen LogP) is 2.75. The Morgan fingerprint density at radius 1 is 1.24 bits per heavy atom. The summed E-state index contributed by atoms with van der Waals surface area (Å²) >= 11 is 0. The second-order valence-corrected chi connectivity index (χ2v) is 4.90. The number of nitrogens with one attached hydrogen (secondary N) is 2. The van der Waals surface area contributed by atoms with Crippen LogP contribution in [0.3, 0.4) is 0 Å². The number of hydrogen-bond acceptors (Lipinski definition) is 7. The summed E-state index contributed by atoms with van der Waals surface area (Å²) in [6.45, 7) is 0. The molecule has 25 heavy (non-hydrogen) atoms. The Kier molecular flexibility index (Phi) is 4.44. The number of tetrazole rings is 1. The Morgan fingerprint density at radius 2 is 2.00 bits per heavy atom. The number of hydrogen-bond donors (Lipinski definition) is 2. The highest BCUT2D eigenvalue weighted by molar-refractivity contribution is 5.81. The minimum atomic E-state index is -0.444. The van der Waals surface area contributed by atoms with Crippen molar-refractivity contribution in [2.75, 3.05) is 5.32 Å². The molecule has 0 aliphatic carbocycles. The maximum absolute atomic E-state index is 10.8. The summed E-state index contributed by atoms with van der Waals surface area (Å²) in [5.41, 5.74) is 2.61. The Balaban J connectivity index is 1.91. The molecule has 0 radical (unpaired) electrons. The fourth-order valence-electron chi connectivity index (χ4n) is 2.20. The average molecular weight is 333 g/mol. The second-order valence-electron chi connectivity index (χ2n) is 4.90. The Bertz CT molecular complexity index is 957. The van der Waals surface area contributed by atoms with Gasteiger partial charge in [-0.15, -0.1) is 10.2 Å². The van der Waals surface area contributed by atoms with Gasteiger partial charge >= 0.3 is 0 Å². The topological polar surface area (TPSA) is 133 Å². The molecule has 1 heterocycles. The zero-order valence-corrected chi connectivity index (χ0v) is 12.7. The summed E-state index contributed by atoms with van der Waals surface area (Å²) in [5, 5.41) is 36.3. The highest BCUT2D eigenvalue weighted by Gasteiger charge is 2.09. The summed E-state index contributed by atoms with van der Waals surface area (Å²) in [6.07, 6.45) is 1.48. The molecule has 0 atom stereocenters. The van der Waals surface area contributed by atoms with E-state index in [0.29, 0.717) is 0 Å². The van der Waals surface area contributed by atoms with E-state index in [4.69, 9.17) is 0 Å². The summed E-state index contributed by atoms with van der Waals surface area (Å²) < 4.78 is 0. The third-order valence-electron chi connectivity index (χ3n) is 3.39. The molecule has 2 N–H and O–H groups in total. The Labute approximate surface area is 141 Å². The number of non-ortho nitro benzene ring substituents is 1. The van der Waals surface area contributed by atoms with E-state index in [2.05, 4.69) is 25.9 Å². The number of aromatic amines is 1. The fourth-order valence-corrected chi connectivity index (χ4v) is 2.20. The van der Waals surface area contributed by atoms with Crippen LogP contribution in [0.2, 0.25) is 0 Å². The fraction of sp³-hybridized carbons (Fsp3) is 0. The molecule has 0 spiro atoms. The van der Waals surface area contributed by atoms with Crippen LogP contribution in [0.4, 0.5) is 11.4 Å². The molecule has 0 bridgehead atoms. The first-order chi connectivity index (χ1) is 12.2. The van der Waals surface area contributed by atoms with Gasteiger partial charge in [-0.05, 0) is 29.0 Å². The highest BCUT2D eigenvalue weighted by atomic mass is 16.6. The number of nitro benzene ring substituents is 1. The minimum Gasteiger partial charge on any atom is -0.360 e. The normalized spacial score (nSPS) is 10.9. The monoisotopic (exact) mass is 333 g/mol. The lowest BCUT2D eigenvalue weighted by atomic mass is 10.0. The number of nitrogens with zero attached hydrogens (tertiary/aromatic N) is 5. The first kappa shape index (κ1) is 15.8. The molecule has 0 aliphatic heterocycles. The van der Waals surface area contributed by atoms with E-state index < -0.39 is 4.92 Å². The molecule has 2 aromatic carbocycles. The van der Waals surface area contributed by atoms with Crippen LogP contribution in [-0.4, -0.2) is 25.5 Å². The van der Waals surface area contributed by atoms with E-state index in [9.17, 15) is 15.4 Å². The molecule has 1 aromatic heterocycles. The number of nitro groups is 1. The van der Waals surface area contributed by atoms with Crippen molar-refractivity contribution in [3.63, 3.8) is 0 Å². The van der Waals surface area contributed by atoms with Gasteiger partial charge in [0.2, 0.25) is 5.82 Å². The number of aromatic nitrogens is 4. The lowest BCUT2D eigenvalue weighted by Crippen LogP contribution is -1.95. The Morgan fingerprint density at radius 3 is 2.64 bits per heavy atom. The molecule has 0 saturated heterocycles. The van der Waals surface area contributed by atoms with Crippen LogP contribution in [-0.2, 0) is 0 Å². The van der Waals surface area contributed by atoms with Crippen molar-refractivity contribution in [1.29, 1.82) is 5.26 Å². The number of H-pyrrole nitrogens is 1. The summed E-state index contributed by atoms with van der Waals surface area (Å²) in [5.74, 6) is 0.183. The number of nitriles is 1. The van der Waals surface area contributed by atoms with Crippen molar-refractivity contribution in [3.05, 3.63) is 70.7 Å². The van der Waals surface area contributed by atoms with E-state index in [1.165, 1.54) is 18.3 Å². The van der Waals surface area contributed by atoms with Crippen molar-refractivity contribution >= 4 is 16.9 Å². The first-order valence-electron chi connectivity index (χ1n) is 7.13. The minimum absolute atomic E-state index is 0.0259. The largest absolute Gasteiger partial charge is 0.360 e. The van der Waals surface area contributed by atoms with Crippen LogP contribution in [0, 0.1) is 21.4 Å². The molecular weight excluding hydrogens is 322 g/mol. The molecular formula is C16H11N7O2. The zero-order valence-electron chi connectivity index (χ0n) is 12.7.